The molecular formula is C60H38N2O2. The summed E-state index contributed by atoms with van der Waals surface area (Å²) in [6.45, 7) is 0. The molecule has 4 nitrogen and oxygen atoms in total. The third kappa shape index (κ3) is 5.29. The SMILES string of the molecule is O=c1c2ccccc2n(-c2ccc(-c3cccc4ccccc34)c3ccccc23)c2cc3c(=O)c4ccccc4n(C4C=CC(c5cccc6ccccc56)=C5C=CC=CC54)c3cc12. The van der Waals surface area contributed by atoms with Crippen molar-refractivity contribution in [2.75, 3.05) is 0 Å². The lowest BCUT2D eigenvalue weighted by molar-refractivity contribution is 0.535. The van der Waals surface area contributed by atoms with Crippen molar-refractivity contribution in [3.8, 4) is 16.8 Å². The third-order valence-corrected chi connectivity index (χ3v) is 13.7. The van der Waals surface area contributed by atoms with E-state index < -0.39 is 0 Å². The minimum atomic E-state index is -0.186. The lowest BCUT2D eigenvalue weighted by Crippen LogP contribution is -2.25. The molecule has 0 aliphatic heterocycles. The van der Waals surface area contributed by atoms with Crippen LogP contribution in [0.25, 0.3) is 98.3 Å². The number of benzene rings is 9. The minimum absolute atomic E-state index is 0.0337. The zero-order chi connectivity index (χ0) is 42.5. The molecule has 2 unspecified atom stereocenters. The second kappa shape index (κ2) is 14.1. The molecule has 2 aliphatic carbocycles. The Bertz CT molecular complexity index is 4070. The van der Waals surface area contributed by atoms with Gasteiger partial charge >= 0.3 is 0 Å². The number of fused-ring (bicyclic) bond motifs is 8. The second-order valence-corrected chi connectivity index (χ2v) is 17.0. The Labute approximate surface area is 367 Å². The van der Waals surface area contributed by atoms with Crippen LogP contribution in [0, 0.1) is 5.92 Å². The van der Waals surface area contributed by atoms with Gasteiger partial charge in [0.1, 0.15) is 0 Å². The number of para-hydroxylation sites is 2. The summed E-state index contributed by atoms with van der Waals surface area (Å²) in [7, 11) is 0. The lowest BCUT2D eigenvalue weighted by Gasteiger charge is -2.34. The van der Waals surface area contributed by atoms with Gasteiger partial charge in [0.2, 0.25) is 0 Å². The lowest BCUT2D eigenvalue weighted by atomic mass is 9.78. The van der Waals surface area contributed by atoms with Gasteiger partial charge in [-0.2, -0.15) is 0 Å². The first-order valence-corrected chi connectivity index (χ1v) is 21.9. The molecule has 0 spiro atoms. The number of hydrogen-bond acceptors (Lipinski definition) is 2. The van der Waals surface area contributed by atoms with Crippen molar-refractivity contribution in [2.45, 2.75) is 6.04 Å². The van der Waals surface area contributed by atoms with E-state index in [0.29, 0.717) is 27.1 Å². The Morgan fingerprint density at radius 1 is 0.375 bits per heavy atom. The molecule has 64 heavy (non-hydrogen) atoms. The van der Waals surface area contributed by atoms with Gasteiger partial charge in [-0.05, 0) is 97.2 Å². The van der Waals surface area contributed by atoms with Crippen LogP contribution >= 0.6 is 0 Å². The largest absolute Gasteiger partial charge is 0.332 e. The van der Waals surface area contributed by atoms with Crippen molar-refractivity contribution in [3.05, 3.63) is 250 Å². The number of aromatic nitrogens is 2. The van der Waals surface area contributed by atoms with Gasteiger partial charge in [-0.3, -0.25) is 9.59 Å². The average molecular weight is 819 g/mol. The highest BCUT2D eigenvalue weighted by molar-refractivity contribution is 6.10. The Hall–Kier alpha value is -8.34. The van der Waals surface area contributed by atoms with E-state index >= 15 is 0 Å². The quantitative estimate of drug-likeness (QED) is 0.166. The van der Waals surface area contributed by atoms with E-state index in [1.165, 1.54) is 38.3 Å². The fraction of sp³-hybridized carbons (Fsp3) is 0.0333. The molecule has 2 aliphatic rings. The minimum Gasteiger partial charge on any atom is -0.332 e. The number of rotatable bonds is 4. The monoisotopic (exact) mass is 818 g/mol. The molecule has 4 heteroatoms. The second-order valence-electron chi connectivity index (χ2n) is 17.0. The van der Waals surface area contributed by atoms with E-state index in [4.69, 9.17) is 0 Å². The molecule has 0 amide bonds. The molecule has 0 bridgehead atoms. The van der Waals surface area contributed by atoms with Crippen LogP contribution < -0.4 is 10.9 Å². The van der Waals surface area contributed by atoms with Gasteiger partial charge in [0, 0.05) is 32.8 Å². The summed E-state index contributed by atoms with van der Waals surface area (Å²) >= 11 is 0. The highest BCUT2D eigenvalue weighted by Gasteiger charge is 2.31. The van der Waals surface area contributed by atoms with Crippen LogP contribution in [0.4, 0.5) is 0 Å². The van der Waals surface area contributed by atoms with Crippen LogP contribution in [0.2, 0.25) is 0 Å². The predicted molar refractivity (Wildman–Crippen MR) is 268 cm³/mol. The Kier molecular flexibility index (Phi) is 8.00. The molecular weight excluding hydrogens is 781 g/mol. The zero-order valence-corrected chi connectivity index (χ0v) is 34.7. The van der Waals surface area contributed by atoms with Crippen molar-refractivity contribution in [2.24, 2.45) is 5.92 Å². The van der Waals surface area contributed by atoms with Gasteiger partial charge in [-0.15, -0.1) is 0 Å². The smallest absolute Gasteiger partial charge is 0.197 e. The van der Waals surface area contributed by atoms with E-state index in [2.05, 4.69) is 167 Å². The van der Waals surface area contributed by atoms with Crippen molar-refractivity contribution in [1.29, 1.82) is 0 Å². The van der Waals surface area contributed by atoms with E-state index in [0.717, 1.165) is 44.1 Å². The molecule has 9 aromatic carbocycles. The molecule has 2 heterocycles. The topological polar surface area (TPSA) is 44.0 Å². The van der Waals surface area contributed by atoms with E-state index in [9.17, 15) is 9.59 Å². The van der Waals surface area contributed by atoms with Gasteiger partial charge in [-0.1, -0.05) is 176 Å². The molecule has 0 fully saturated rings. The maximum atomic E-state index is 15.0. The molecule has 11 aromatic rings. The van der Waals surface area contributed by atoms with Crippen molar-refractivity contribution < 1.29 is 0 Å². The number of nitrogens with zero attached hydrogens (tertiary/aromatic N) is 2. The van der Waals surface area contributed by atoms with Crippen LogP contribution in [0.5, 0.6) is 0 Å². The number of pyridine rings is 2. The fourth-order valence-corrected chi connectivity index (χ4v) is 10.9. The molecule has 0 N–H and O–H groups in total. The van der Waals surface area contributed by atoms with E-state index in [-0.39, 0.29) is 22.8 Å². The normalized spacial score (nSPS) is 16.0. The Morgan fingerprint density at radius 2 is 0.922 bits per heavy atom. The Balaban J connectivity index is 1.09. The summed E-state index contributed by atoms with van der Waals surface area (Å²) in [5, 5.41) is 9.33. The molecule has 0 saturated heterocycles. The molecule has 0 saturated carbocycles. The average Bonchev–Trinajstić information content (AvgIpc) is 3.36. The van der Waals surface area contributed by atoms with E-state index in [1.54, 1.807) is 0 Å². The van der Waals surface area contributed by atoms with Crippen molar-refractivity contribution in [3.63, 3.8) is 0 Å². The first kappa shape index (κ1) is 36.3. The standard InChI is InChI=1S/C60H38N2O2/c63-59-49-25-9-11-29-53(49)61(55-33-31-45(43-21-5-7-23-47(43)55)41-27-13-17-37-15-1-3-19-39(37)41)57-35-52-58(36-51(57)59)62(54-30-12-10-26-50(54)60(52)64)56-34-32-46(44-22-6-8-24-48(44)56)42-28-14-18-38-16-2-4-20-40(38)42/h1-36,47,55H. The predicted octanol–water partition coefficient (Wildman–Crippen LogP) is 14.0. The summed E-state index contributed by atoms with van der Waals surface area (Å²) in [5.41, 5.74) is 9.75. The van der Waals surface area contributed by atoms with Crippen LogP contribution in [0.1, 0.15) is 11.6 Å². The zero-order valence-electron chi connectivity index (χ0n) is 34.7. The van der Waals surface area contributed by atoms with Crippen molar-refractivity contribution >= 4 is 81.5 Å². The van der Waals surface area contributed by atoms with Crippen LogP contribution in [0.3, 0.4) is 0 Å². The first-order valence-electron chi connectivity index (χ1n) is 21.9. The molecule has 2 atom stereocenters. The first-order chi connectivity index (χ1) is 31.6. The number of allylic oxidation sites excluding steroid dienone is 8. The van der Waals surface area contributed by atoms with Gasteiger partial charge in [0.15, 0.2) is 10.9 Å². The highest BCUT2D eigenvalue weighted by Crippen LogP contribution is 2.45. The molecule has 2 aromatic heterocycles. The van der Waals surface area contributed by atoms with Crippen LogP contribution in [-0.4, -0.2) is 9.13 Å². The van der Waals surface area contributed by atoms with Crippen LogP contribution in [-0.2, 0) is 0 Å². The molecule has 13 rings (SSSR count). The highest BCUT2D eigenvalue weighted by atomic mass is 16.1. The Morgan fingerprint density at radius 3 is 1.67 bits per heavy atom. The van der Waals surface area contributed by atoms with Gasteiger partial charge < -0.3 is 9.13 Å². The number of hydrogen-bond donors (Lipinski definition) is 0. The molecule has 300 valence electrons. The van der Waals surface area contributed by atoms with Crippen molar-refractivity contribution in [1.82, 2.24) is 9.13 Å². The van der Waals surface area contributed by atoms with Crippen LogP contribution in [0.15, 0.2) is 234 Å². The third-order valence-electron chi connectivity index (χ3n) is 13.7. The maximum Gasteiger partial charge on any atom is 0.197 e. The van der Waals surface area contributed by atoms with Gasteiger partial charge in [-0.25, -0.2) is 0 Å². The summed E-state index contributed by atoms with van der Waals surface area (Å²) in [6.07, 6.45) is 13.3. The summed E-state index contributed by atoms with van der Waals surface area (Å²) in [5.74, 6) is -0.0337. The van der Waals surface area contributed by atoms with Gasteiger partial charge in [0.05, 0.1) is 33.8 Å². The van der Waals surface area contributed by atoms with Gasteiger partial charge in [0.25, 0.3) is 0 Å². The molecule has 0 radical (unpaired) electrons. The summed E-state index contributed by atoms with van der Waals surface area (Å²) in [6, 6.07) is 62.5. The fourth-order valence-electron chi connectivity index (χ4n) is 10.9. The summed E-state index contributed by atoms with van der Waals surface area (Å²) < 4.78 is 4.51. The summed E-state index contributed by atoms with van der Waals surface area (Å²) in [4.78, 5) is 29.9. The maximum absolute atomic E-state index is 15.0. The van der Waals surface area contributed by atoms with E-state index in [1.807, 2.05) is 60.7 Å².